The molecule has 57 heavy (non-hydrogen) atoms. The predicted molar refractivity (Wildman–Crippen MR) is 216 cm³/mol. The van der Waals surface area contributed by atoms with Gasteiger partial charge in [-0.3, -0.25) is 24.1 Å². The summed E-state index contributed by atoms with van der Waals surface area (Å²) in [7, 11) is 0. The molecule has 6 rings (SSSR count). The number of nitrogens with one attached hydrogen (secondary N) is 1. The van der Waals surface area contributed by atoms with E-state index < -0.39 is 23.3 Å². The fourth-order valence-corrected chi connectivity index (χ4v) is 13.6. The quantitative estimate of drug-likeness (QED) is 0.0304. The lowest BCUT2D eigenvalue weighted by Gasteiger charge is -2.62. The topological polar surface area (TPSA) is 191 Å². The highest BCUT2D eigenvalue weighted by Crippen LogP contribution is 2.68. The number of fused-ring (bicyclic) bond motifs is 6. The number of terminal acetylenes is 1. The molecular weight excluding hydrogens is 747 g/mol. The van der Waals surface area contributed by atoms with Crippen LogP contribution in [0.1, 0.15) is 111 Å². The molecule has 2 aliphatic heterocycles. The van der Waals surface area contributed by atoms with Gasteiger partial charge in [0.2, 0.25) is 5.91 Å². The van der Waals surface area contributed by atoms with Gasteiger partial charge in [0.1, 0.15) is 18.0 Å². The Morgan fingerprint density at radius 1 is 1.09 bits per heavy atom. The van der Waals surface area contributed by atoms with Gasteiger partial charge in [0.15, 0.2) is 5.78 Å². The Morgan fingerprint density at radius 2 is 1.84 bits per heavy atom. The van der Waals surface area contributed by atoms with E-state index in [2.05, 4.69) is 42.0 Å². The highest BCUT2D eigenvalue weighted by Gasteiger charge is 2.63. The van der Waals surface area contributed by atoms with Crippen molar-refractivity contribution in [1.82, 2.24) is 10.2 Å². The molecule has 314 valence electrons. The van der Waals surface area contributed by atoms with Gasteiger partial charge in [0, 0.05) is 42.9 Å². The average molecular weight is 810 g/mol. The van der Waals surface area contributed by atoms with Crippen molar-refractivity contribution < 1.29 is 38.9 Å². The van der Waals surface area contributed by atoms with Crippen molar-refractivity contribution in [3.63, 3.8) is 0 Å². The zero-order chi connectivity index (χ0) is 41.1. The van der Waals surface area contributed by atoms with Crippen molar-refractivity contribution in [2.75, 3.05) is 32.1 Å². The summed E-state index contributed by atoms with van der Waals surface area (Å²) in [5.74, 6) is 3.40. The molecule has 0 bridgehead atoms. The Labute approximate surface area is 341 Å². The molecule has 13 atom stereocenters. The van der Waals surface area contributed by atoms with Gasteiger partial charge in [-0.1, -0.05) is 25.9 Å². The Morgan fingerprint density at radius 3 is 2.60 bits per heavy atom. The van der Waals surface area contributed by atoms with Crippen LogP contribution < -0.4 is 5.32 Å². The number of allylic oxidation sites excluding steroid dienone is 1. The summed E-state index contributed by atoms with van der Waals surface area (Å²) >= 11 is 1.51. The van der Waals surface area contributed by atoms with Crippen molar-refractivity contribution in [3.05, 3.63) is 21.7 Å². The fourth-order valence-electron chi connectivity index (χ4n) is 12.3. The van der Waals surface area contributed by atoms with Crippen molar-refractivity contribution in [3.8, 4) is 12.3 Å². The van der Waals surface area contributed by atoms with Crippen LogP contribution in [0.25, 0.3) is 10.4 Å². The molecule has 0 aromatic rings. The van der Waals surface area contributed by atoms with Crippen LogP contribution >= 0.6 is 11.8 Å². The Balaban J connectivity index is 0.996. The second-order valence-electron chi connectivity index (χ2n) is 18.5. The molecule has 4 unspecified atom stereocenters. The normalized spacial score (nSPS) is 36.5. The standard InChI is InChI=1S/C43H63N5O8S/c1-6-7-16-55-17-18-56-36(53)20-27(23-45-47-44)19-34(51)39-26(3)24-57-41-38(40(54)48(39)41)46-35(52)11-8-25(2)30-9-10-31-37-32(13-15-43(30,31)5)42(4)14-12-29(49)21-28(42)22-33(37)50/h1,25,27-33,37-38,41,49-50H,7-24H2,2-5H3,(H,46,52)/t25-,27?,28+,29-,30-,31+,32+,33?,37+,38?,41?,42+,43-/m1/s1. The molecular formula is C43H63N5O8S. The third kappa shape index (κ3) is 8.94. The summed E-state index contributed by atoms with van der Waals surface area (Å²) < 4.78 is 10.5. The maximum atomic E-state index is 13.7. The fraction of sp³-hybridized carbons (Fsp3) is 0.814. The molecule has 4 saturated carbocycles. The molecule has 4 aliphatic carbocycles. The number of rotatable bonds is 17. The number of hydrogen-bond donors (Lipinski definition) is 3. The number of amides is 2. The number of ether oxygens (including phenoxy) is 2. The molecule has 1 saturated heterocycles. The van der Waals surface area contributed by atoms with Crippen LogP contribution in [0.5, 0.6) is 0 Å². The van der Waals surface area contributed by atoms with Gasteiger partial charge in [-0.05, 0) is 128 Å². The molecule has 3 N–H and O–H groups in total. The van der Waals surface area contributed by atoms with E-state index in [0.717, 1.165) is 56.9 Å². The Bertz CT molecular complexity index is 1660. The van der Waals surface area contributed by atoms with Gasteiger partial charge >= 0.3 is 5.97 Å². The van der Waals surface area contributed by atoms with Gasteiger partial charge in [-0.25, -0.2) is 0 Å². The number of esters is 1. The monoisotopic (exact) mass is 809 g/mol. The molecule has 5 fully saturated rings. The van der Waals surface area contributed by atoms with Crippen LogP contribution in [-0.4, -0.2) is 94.4 Å². The van der Waals surface area contributed by atoms with Gasteiger partial charge in [-0.15, -0.1) is 24.1 Å². The summed E-state index contributed by atoms with van der Waals surface area (Å²) in [5, 5.41) is 28.2. The molecule has 13 nitrogen and oxygen atoms in total. The largest absolute Gasteiger partial charge is 0.463 e. The number of azide groups is 1. The van der Waals surface area contributed by atoms with Crippen molar-refractivity contribution >= 4 is 35.3 Å². The maximum absolute atomic E-state index is 13.7. The third-order valence-electron chi connectivity index (χ3n) is 15.2. The second-order valence-corrected chi connectivity index (χ2v) is 19.6. The van der Waals surface area contributed by atoms with E-state index in [-0.39, 0.29) is 78.9 Å². The maximum Gasteiger partial charge on any atom is 0.306 e. The number of carbonyl (C=O) groups is 4. The number of aliphatic hydroxyl groups is 2. The third-order valence-corrected chi connectivity index (χ3v) is 16.6. The molecule has 0 spiro atoms. The SMILES string of the molecule is C#CCCOCCOC(=O)CC(CN=[N+]=[N-])CC(=O)C1=C(C)CSC2C(NC(=O)CC[C@@H](C)[C@H]3CC[C@H]4[C@@H]5C(O)C[C@@H]6C[C@H](O)CC[C@]6(C)[C@H]5CC[C@]34C)C(=O)N12. The molecule has 0 radical (unpaired) electrons. The minimum absolute atomic E-state index is 0.0305. The first-order chi connectivity index (χ1) is 27.2. The number of thioether (sulfide) groups is 1. The first kappa shape index (κ1) is 43.5. The van der Waals surface area contributed by atoms with E-state index >= 15 is 0 Å². The number of β-lactam (4-membered cyclic amide) rings is 1. The molecule has 14 heteroatoms. The zero-order valence-electron chi connectivity index (χ0n) is 34.2. The Hall–Kier alpha value is -3.08. The van der Waals surface area contributed by atoms with E-state index in [0.29, 0.717) is 67.1 Å². The first-order valence-corrected chi connectivity index (χ1v) is 22.3. The molecule has 0 aromatic carbocycles. The molecule has 2 amide bonds. The van der Waals surface area contributed by atoms with Crippen LogP contribution in [0.3, 0.4) is 0 Å². The second kappa shape index (κ2) is 18.5. The lowest BCUT2D eigenvalue weighted by molar-refractivity contribution is -0.174. The van der Waals surface area contributed by atoms with E-state index in [1.807, 2.05) is 6.92 Å². The van der Waals surface area contributed by atoms with E-state index in [9.17, 15) is 29.4 Å². The lowest BCUT2D eigenvalue weighted by atomic mass is 9.43. The minimum Gasteiger partial charge on any atom is -0.463 e. The van der Waals surface area contributed by atoms with Crippen LogP contribution in [-0.2, 0) is 28.7 Å². The highest BCUT2D eigenvalue weighted by atomic mass is 32.2. The summed E-state index contributed by atoms with van der Waals surface area (Å²) in [4.78, 5) is 57.5. The van der Waals surface area contributed by atoms with E-state index in [1.165, 1.54) is 16.7 Å². The van der Waals surface area contributed by atoms with Crippen molar-refractivity contribution in [2.45, 2.75) is 135 Å². The van der Waals surface area contributed by atoms with Crippen molar-refractivity contribution in [2.24, 2.45) is 57.4 Å². The summed E-state index contributed by atoms with van der Waals surface area (Å²) in [5.41, 5.74) is 10.3. The number of Topliss-reactive ketones (excluding diaryl/α,β-unsaturated/α-hetero) is 1. The summed E-state index contributed by atoms with van der Waals surface area (Å²) in [6.45, 7) is 9.44. The van der Waals surface area contributed by atoms with Gasteiger partial charge in [-0.2, -0.15) is 0 Å². The summed E-state index contributed by atoms with van der Waals surface area (Å²) in [6, 6.07) is -0.729. The highest BCUT2D eigenvalue weighted by molar-refractivity contribution is 8.00. The predicted octanol–water partition coefficient (Wildman–Crippen LogP) is 5.93. The molecule has 0 aromatic heterocycles. The van der Waals surface area contributed by atoms with Gasteiger partial charge in [0.05, 0.1) is 31.1 Å². The minimum atomic E-state index is -0.729. The number of nitrogens with zero attached hydrogens (tertiary/aromatic N) is 4. The number of hydrogen-bond acceptors (Lipinski definition) is 10. The smallest absolute Gasteiger partial charge is 0.306 e. The lowest BCUT2D eigenvalue weighted by Crippen LogP contribution is -2.70. The van der Waals surface area contributed by atoms with Gasteiger partial charge in [0.25, 0.3) is 5.91 Å². The van der Waals surface area contributed by atoms with Crippen molar-refractivity contribution in [1.29, 1.82) is 0 Å². The molecule has 6 aliphatic rings. The van der Waals surface area contributed by atoms with E-state index in [4.69, 9.17) is 21.4 Å². The Kier molecular flexibility index (Phi) is 14.1. The molecule has 2 heterocycles. The number of carbonyl (C=O) groups excluding carboxylic acids is 4. The van der Waals surface area contributed by atoms with E-state index in [1.54, 1.807) is 0 Å². The van der Waals surface area contributed by atoms with Crippen LogP contribution in [0, 0.1) is 64.6 Å². The van der Waals surface area contributed by atoms with Crippen LogP contribution in [0.15, 0.2) is 16.4 Å². The first-order valence-electron chi connectivity index (χ1n) is 21.2. The van der Waals surface area contributed by atoms with Crippen LogP contribution in [0.2, 0.25) is 0 Å². The van der Waals surface area contributed by atoms with Crippen LogP contribution in [0.4, 0.5) is 0 Å². The summed E-state index contributed by atoms with van der Waals surface area (Å²) in [6.07, 6.45) is 13.8. The zero-order valence-corrected chi connectivity index (χ0v) is 35.0. The number of aliphatic hydroxyl groups excluding tert-OH is 2. The number of ketones is 1. The van der Waals surface area contributed by atoms with Gasteiger partial charge < -0.3 is 25.0 Å². The average Bonchev–Trinajstić information content (AvgIpc) is 3.54.